The Kier molecular flexibility index (Phi) is 4.62. The van der Waals surface area contributed by atoms with Gasteiger partial charge in [0.15, 0.2) is 0 Å². The number of alkyl halides is 1. The molecule has 0 radical (unpaired) electrons. The fraction of sp³-hybridized carbons (Fsp3) is 0.333. The van der Waals surface area contributed by atoms with Crippen molar-refractivity contribution in [2.24, 2.45) is 0 Å². The summed E-state index contributed by atoms with van der Waals surface area (Å²) in [6, 6.07) is 6.02. The van der Waals surface area contributed by atoms with Gasteiger partial charge in [0, 0.05) is 14.8 Å². The van der Waals surface area contributed by atoms with Crippen molar-refractivity contribution in [3.05, 3.63) is 33.3 Å². The van der Waals surface area contributed by atoms with Gasteiger partial charge in [-0.05, 0) is 30.5 Å². The van der Waals surface area contributed by atoms with Crippen LogP contribution in [0, 0.1) is 0 Å². The minimum atomic E-state index is 0.852. The van der Waals surface area contributed by atoms with Crippen LogP contribution in [-0.2, 0) is 6.42 Å². The van der Waals surface area contributed by atoms with Crippen LogP contribution in [0.15, 0.2) is 22.7 Å². The van der Waals surface area contributed by atoms with Crippen LogP contribution in [0.3, 0.4) is 0 Å². The zero-order valence-electron chi connectivity index (χ0n) is 6.49. The average molecular weight is 312 g/mol. The van der Waals surface area contributed by atoms with E-state index in [2.05, 4.69) is 37.9 Å². The summed E-state index contributed by atoms with van der Waals surface area (Å²) in [5.74, 6) is 0. The van der Waals surface area contributed by atoms with Crippen molar-refractivity contribution in [3.63, 3.8) is 0 Å². The van der Waals surface area contributed by atoms with Gasteiger partial charge in [0.2, 0.25) is 0 Å². The summed E-state index contributed by atoms with van der Waals surface area (Å²) >= 11 is 12.8. The van der Waals surface area contributed by atoms with Crippen LogP contribution in [0.25, 0.3) is 0 Å². The first-order valence-corrected chi connectivity index (χ1v) is 6.03. The van der Waals surface area contributed by atoms with Gasteiger partial charge >= 0.3 is 0 Å². The standard InChI is InChI=1S/C9H9Br2Cl/c10-5-1-2-7-3-4-8(11)6-9(7)12/h3-4,6H,1-2,5H2. The summed E-state index contributed by atoms with van der Waals surface area (Å²) in [7, 11) is 0. The summed E-state index contributed by atoms with van der Waals surface area (Å²) in [4.78, 5) is 0. The molecule has 1 aromatic carbocycles. The third-order valence-electron chi connectivity index (χ3n) is 1.59. The molecule has 1 aromatic rings. The molecule has 0 aliphatic rings. The van der Waals surface area contributed by atoms with Crippen LogP contribution >= 0.6 is 43.5 Å². The lowest BCUT2D eigenvalue weighted by Gasteiger charge is -2.02. The molecule has 0 aliphatic carbocycles. The lowest BCUT2D eigenvalue weighted by molar-refractivity contribution is 0.939. The van der Waals surface area contributed by atoms with Gasteiger partial charge in [-0.25, -0.2) is 0 Å². The highest BCUT2D eigenvalue weighted by atomic mass is 79.9. The Bertz CT molecular complexity index is 261. The van der Waals surface area contributed by atoms with Gasteiger partial charge in [-0.1, -0.05) is 49.5 Å². The fourth-order valence-corrected chi connectivity index (χ4v) is 2.03. The summed E-state index contributed by atoms with van der Waals surface area (Å²) in [6.45, 7) is 0. The molecule has 0 bridgehead atoms. The Labute approximate surface area is 94.6 Å². The normalized spacial score (nSPS) is 10.2. The summed E-state index contributed by atoms with van der Waals surface area (Å²) in [6.07, 6.45) is 2.17. The Morgan fingerprint density at radius 3 is 2.67 bits per heavy atom. The molecule has 0 aromatic heterocycles. The maximum atomic E-state index is 6.02. The first-order valence-electron chi connectivity index (χ1n) is 3.74. The van der Waals surface area contributed by atoms with Gasteiger partial charge in [-0.15, -0.1) is 0 Å². The highest BCUT2D eigenvalue weighted by Crippen LogP contribution is 2.22. The minimum Gasteiger partial charge on any atom is -0.0928 e. The minimum absolute atomic E-state index is 0.852. The van der Waals surface area contributed by atoms with E-state index in [0.29, 0.717) is 0 Å². The van der Waals surface area contributed by atoms with E-state index in [1.807, 2.05) is 12.1 Å². The highest BCUT2D eigenvalue weighted by Gasteiger charge is 1.99. The van der Waals surface area contributed by atoms with E-state index >= 15 is 0 Å². The number of halogens is 3. The van der Waals surface area contributed by atoms with Gasteiger partial charge < -0.3 is 0 Å². The van der Waals surface area contributed by atoms with Crippen molar-refractivity contribution in [1.82, 2.24) is 0 Å². The van der Waals surface area contributed by atoms with Crippen LogP contribution in [0.4, 0.5) is 0 Å². The summed E-state index contributed by atoms with van der Waals surface area (Å²) in [5, 5.41) is 1.88. The van der Waals surface area contributed by atoms with Crippen molar-refractivity contribution in [2.45, 2.75) is 12.8 Å². The van der Waals surface area contributed by atoms with Crippen LogP contribution in [0.1, 0.15) is 12.0 Å². The van der Waals surface area contributed by atoms with Gasteiger partial charge in [0.05, 0.1) is 0 Å². The Morgan fingerprint density at radius 1 is 1.33 bits per heavy atom. The zero-order chi connectivity index (χ0) is 8.97. The number of hydrogen-bond acceptors (Lipinski definition) is 0. The van der Waals surface area contributed by atoms with E-state index in [4.69, 9.17) is 11.6 Å². The largest absolute Gasteiger partial charge is 0.0928 e. The van der Waals surface area contributed by atoms with Gasteiger partial charge in [0.25, 0.3) is 0 Å². The molecular weight excluding hydrogens is 303 g/mol. The van der Waals surface area contributed by atoms with Gasteiger partial charge in [-0.2, -0.15) is 0 Å². The van der Waals surface area contributed by atoms with E-state index in [1.54, 1.807) is 0 Å². The Balaban J connectivity index is 2.72. The number of benzene rings is 1. The molecule has 0 N–H and O–H groups in total. The van der Waals surface area contributed by atoms with Crippen molar-refractivity contribution in [3.8, 4) is 0 Å². The molecule has 0 saturated carbocycles. The third kappa shape index (κ3) is 3.08. The predicted molar refractivity (Wildman–Crippen MR) is 61.3 cm³/mol. The molecular formula is C9H9Br2Cl. The smallest absolute Gasteiger partial charge is 0.0449 e. The molecule has 0 amide bonds. The Morgan fingerprint density at radius 2 is 2.08 bits per heavy atom. The molecule has 66 valence electrons. The maximum Gasteiger partial charge on any atom is 0.0449 e. The summed E-state index contributed by atoms with van der Waals surface area (Å²) in [5.41, 5.74) is 1.22. The third-order valence-corrected chi connectivity index (χ3v) is 3.00. The molecule has 0 nitrogen and oxygen atoms in total. The quantitative estimate of drug-likeness (QED) is 0.724. The summed E-state index contributed by atoms with van der Waals surface area (Å²) < 4.78 is 1.04. The lowest BCUT2D eigenvalue weighted by atomic mass is 10.1. The van der Waals surface area contributed by atoms with Crippen LogP contribution in [0.2, 0.25) is 5.02 Å². The lowest BCUT2D eigenvalue weighted by Crippen LogP contribution is -1.87. The molecule has 0 spiro atoms. The molecule has 0 saturated heterocycles. The van der Waals surface area contributed by atoms with E-state index in [0.717, 1.165) is 27.7 Å². The number of hydrogen-bond donors (Lipinski definition) is 0. The van der Waals surface area contributed by atoms with E-state index < -0.39 is 0 Å². The van der Waals surface area contributed by atoms with E-state index in [9.17, 15) is 0 Å². The second kappa shape index (κ2) is 5.25. The second-order valence-corrected chi connectivity index (χ2v) is 4.64. The zero-order valence-corrected chi connectivity index (χ0v) is 10.4. The van der Waals surface area contributed by atoms with Crippen LogP contribution in [-0.4, -0.2) is 5.33 Å². The van der Waals surface area contributed by atoms with Crippen LogP contribution < -0.4 is 0 Å². The van der Waals surface area contributed by atoms with E-state index in [1.165, 1.54) is 5.56 Å². The number of aryl methyl sites for hydroxylation is 1. The van der Waals surface area contributed by atoms with Crippen molar-refractivity contribution in [2.75, 3.05) is 5.33 Å². The van der Waals surface area contributed by atoms with Gasteiger partial charge in [0.1, 0.15) is 0 Å². The van der Waals surface area contributed by atoms with Crippen molar-refractivity contribution < 1.29 is 0 Å². The molecule has 3 heteroatoms. The van der Waals surface area contributed by atoms with Gasteiger partial charge in [-0.3, -0.25) is 0 Å². The van der Waals surface area contributed by atoms with Crippen LogP contribution in [0.5, 0.6) is 0 Å². The highest BCUT2D eigenvalue weighted by molar-refractivity contribution is 9.10. The molecule has 0 aliphatic heterocycles. The monoisotopic (exact) mass is 310 g/mol. The maximum absolute atomic E-state index is 6.02. The number of rotatable bonds is 3. The predicted octanol–water partition coefficient (Wildman–Crippen LogP) is 4.43. The second-order valence-electron chi connectivity index (χ2n) is 2.53. The first kappa shape index (κ1) is 10.6. The van der Waals surface area contributed by atoms with Crippen molar-refractivity contribution in [1.29, 1.82) is 0 Å². The first-order chi connectivity index (χ1) is 5.74. The van der Waals surface area contributed by atoms with E-state index in [-0.39, 0.29) is 0 Å². The molecule has 12 heavy (non-hydrogen) atoms. The average Bonchev–Trinajstić information content (AvgIpc) is 2.03. The molecule has 1 rings (SSSR count). The van der Waals surface area contributed by atoms with Crippen molar-refractivity contribution >= 4 is 43.5 Å². The fourth-order valence-electron chi connectivity index (χ4n) is 0.982. The molecule has 0 fully saturated rings. The molecule has 0 heterocycles. The SMILES string of the molecule is Clc1cc(Br)ccc1CCCBr. The molecule has 0 atom stereocenters. The molecule has 0 unspecified atom stereocenters. The topological polar surface area (TPSA) is 0 Å². The Hall–Kier alpha value is 0.470.